The average Bonchev–Trinajstić information content (AvgIpc) is 3.08. The van der Waals surface area contributed by atoms with Crippen LogP contribution in [-0.2, 0) is 10.0 Å². The van der Waals surface area contributed by atoms with Crippen molar-refractivity contribution in [2.75, 3.05) is 6.54 Å². The number of halogens is 2. The highest BCUT2D eigenvalue weighted by molar-refractivity contribution is 7.89. The fourth-order valence-corrected chi connectivity index (χ4v) is 3.15. The van der Waals surface area contributed by atoms with E-state index in [4.69, 9.17) is 5.73 Å². The molecule has 1 aromatic carbocycles. The van der Waals surface area contributed by atoms with Gasteiger partial charge >= 0.3 is 0 Å². The molecule has 0 radical (unpaired) electrons. The minimum Gasteiger partial charge on any atom is -0.329 e. The van der Waals surface area contributed by atoms with E-state index in [1.165, 1.54) is 0 Å². The molecule has 3 N–H and O–H groups in total. The van der Waals surface area contributed by atoms with E-state index < -0.39 is 26.6 Å². The second kappa shape index (κ2) is 4.91. The standard InChI is InChI=1S/C11H14F2N2O2S/c12-8-3-9(13)5-10(4-8)18(16,17)15-11(6-14)7-1-2-7/h3-5,7,11,15H,1-2,6,14H2. The summed E-state index contributed by atoms with van der Waals surface area (Å²) in [5.74, 6) is -1.62. The summed E-state index contributed by atoms with van der Waals surface area (Å²) < 4.78 is 52.2. The third-order valence-electron chi connectivity index (χ3n) is 2.90. The van der Waals surface area contributed by atoms with Gasteiger partial charge in [0.15, 0.2) is 0 Å². The predicted octanol–water partition coefficient (Wildman–Crippen LogP) is 0.980. The first kappa shape index (κ1) is 13.4. The summed E-state index contributed by atoms with van der Waals surface area (Å²) in [6.07, 6.45) is 1.84. The van der Waals surface area contributed by atoms with Gasteiger partial charge in [-0.15, -0.1) is 0 Å². The fraction of sp³-hybridized carbons (Fsp3) is 0.455. The number of nitrogens with two attached hydrogens (primary N) is 1. The number of hydrogen-bond acceptors (Lipinski definition) is 3. The maximum absolute atomic E-state index is 13.0. The van der Waals surface area contributed by atoms with E-state index in [0.29, 0.717) is 6.07 Å². The number of nitrogens with one attached hydrogen (secondary N) is 1. The molecule has 1 atom stereocenters. The Bertz CT molecular complexity index is 524. The quantitative estimate of drug-likeness (QED) is 0.842. The molecule has 1 unspecified atom stereocenters. The van der Waals surface area contributed by atoms with Gasteiger partial charge in [-0.2, -0.15) is 0 Å². The molecule has 1 aromatic rings. The first-order chi connectivity index (χ1) is 8.42. The summed E-state index contributed by atoms with van der Waals surface area (Å²) in [5, 5.41) is 0. The lowest BCUT2D eigenvalue weighted by Gasteiger charge is -2.16. The van der Waals surface area contributed by atoms with Gasteiger partial charge in [0.05, 0.1) is 4.90 Å². The third-order valence-corrected chi connectivity index (χ3v) is 4.37. The van der Waals surface area contributed by atoms with Crippen molar-refractivity contribution in [1.29, 1.82) is 0 Å². The summed E-state index contributed by atoms with van der Waals surface area (Å²) in [4.78, 5) is -0.417. The molecule has 18 heavy (non-hydrogen) atoms. The van der Waals surface area contributed by atoms with E-state index in [-0.39, 0.29) is 18.5 Å². The normalized spacial score (nSPS) is 17.7. The molecule has 0 bridgehead atoms. The molecule has 0 saturated heterocycles. The van der Waals surface area contributed by atoms with Crippen LogP contribution in [0.1, 0.15) is 12.8 Å². The van der Waals surface area contributed by atoms with Crippen LogP contribution < -0.4 is 10.5 Å². The topological polar surface area (TPSA) is 72.2 Å². The van der Waals surface area contributed by atoms with Crippen molar-refractivity contribution in [3.8, 4) is 0 Å². The maximum atomic E-state index is 13.0. The molecule has 0 amide bonds. The monoisotopic (exact) mass is 276 g/mol. The Balaban J connectivity index is 2.23. The lowest BCUT2D eigenvalue weighted by atomic mass is 10.2. The van der Waals surface area contributed by atoms with Gasteiger partial charge in [-0.25, -0.2) is 21.9 Å². The van der Waals surface area contributed by atoms with E-state index in [2.05, 4.69) is 4.72 Å². The van der Waals surface area contributed by atoms with Crippen molar-refractivity contribution in [2.24, 2.45) is 11.7 Å². The van der Waals surface area contributed by atoms with Gasteiger partial charge in [0.2, 0.25) is 10.0 Å². The van der Waals surface area contributed by atoms with Crippen molar-refractivity contribution >= 4 is 10.0 Å². The van der Waals surface area contributed by atoms with Crippen molar-refractivity contribution in [3.05, 3.63) is 29.8 Å². The molecule has 0 spiro atoms. The number of rotatable bonds is 5. The molecule has 0 aromatic heterocycles. The smallest absolute Gasteiger partial charge is 0.241 e. The highest BCUT2D eigenvalue weighted by Gasteiger charge is 2.33. The van der Waals surface area contributed by atoms with Gasteiger partial charge in [0.1, 0.15) is 11.6 Å². The van der Waals surface area contributed by atoms with Crippen LogP contribution in [0.4, 0.5) is 8.78 Å². The van der Waals surface area contributed by atoms with E-state index in [1.807, 2.05) is 0 Å². The van der Waals surface area contributed by atoms with E-state index >= 15 is 0 Å². The maximum Gasteiger partial charge on any atom is 0.241 e. The van der Waals surface area contributed by atoms with Crippen molar-refractivity contribution in [1.82, 2.24) is 4.72 Å². The number of benzene rings is 1. The van der Waals surface area contributed by atoms with E-state index in [9.17, 15) is 17.2 Å². The van der Waals surface area contributed by atoms with Crippen molar-refractivity contribution in [3.63, 3.8) is 0 Å². The van der Waals surface area contributed by atoms with Crippen LogP contribution in [0.25, 0.3) is 0 Å². The summed E-state index contributed by atoms with van der Waals surface area (Å²) in [6.45, 7) is 0.168. The minimum absolute atomic E-state index is 0.168. The first-order valence-electron chi connectivity index (χ1n) is 5.61. The van der Waals surface area contributed by atoms with Crippen LogP contribution in [0.15, 0.2) is 23.1 Å². The zero-order chi connectivity index (χ0) is 13.3. The number of hydrogen-bond donors (Lipinski definition) is 2. The van der Waals surface area contributed by atoms with E-state index in [0.717, 1.165) is 25.0 Å². The van der Waals surface area contributed by atoms with Gasteiger partial charge < -0.3 is 5.73 Å². The van der Waals surface area contributed by atoms with Crippen LogP contribution in [0.2, 0.25) is 0 Å². The summed E-state index contributed by atoms with van der Waals surface area (Å²) in [5.41, 5.74) is 5.48. The molecule has 2 rings (SSSR count). The second-order valence-corrected chi connectivity index (χ2v) is 6.12. The van der Waals surface area contributed by atoms with Gasteiger partial charge in [-0.05, 0) is 30.9 Å². The number of sulfonamides is 1. The van der Waals surface area contributed by atoms with Gasteiger partial charge in [0.25, 0.3) is 0 Å². The summed E-state index contributed by atoms with van der Waals surface area (Å²) in [6, 6.07) is 1.82. The molecule has 1 fully saturated rings. The Labute approximate surface area is 104 Å². The highest BCUT2D eigenvalue weighted by Crippen LogP contribution is 2.32. The molecular formula is C11H14F2N2O2S. The first-order valence-corrected chi connectivity index (χ1v) is 7.09. The minimum atomic E-state index is -3.93. The molecule has 0 heterocycles. The predicted molar refractivity (Wildman–Crippen MR) is 62.2 cm³/mol. The Morgan fingerprint density at radius 3 is 2.28 bits per heavy atom. The third kappa shape index (κ3) is 3.04. The zero-order valence-electron chi connectivity index (χ0n) is 9.57. The van der Waals surface area contributed by atoms with Crippen LogP contribution >= 0.6 is 0 Å². The van der Waals surface area contributed by atoms with Gasteiger partial charge in [0, 0.05) is 18.7 Å². The van der Waals surface area contributed by atoms with Crippen LogP contribution in [0, 0.1) is 17.6 Å². The molecule has 1 aliphatic carbocycles. The molecule has 1 aliphatic rings. The van der Waals surface area contributed by atoms with Gasteiger partial charge in [-0.1, -0.05) is 0 Å². The molecule has 100 valence electrons. The second-order valence-electron chi connectivity index (χ2n) is 4.41. The van der Waals surface area contributed by atoms with E-state index in [1.54, 1.807) is 0 Å². The summed E-state index contributed by atoms with van der Waals surface area (Å²) >= 11 is 0. The van der Waals surface area contributed by atoms with Crippen LogP contribution in [0.3, 0.4) is 0 Å². The Morgan fingerprint density at radius 2 is 1.83 bits per heavy atom. The lowest BCUT2D eigenvalue weighted by Crippen LogP contribution is -2.41. The summed E-state index contributed by atoms with van der Waals surface area (Å²) in [7, 11) is -3.93. The van der Waals surface area contributed by atoms with Crippen molar-refractivity contribution in [2.45, 2.75) is 23.8 Å². The van der Waals surface area contributed by atoms with Crippen LogP contribution in [-0.4, -0.2) is 21.0 Å². The van der Waals surface area contributed by atoms with Crippen LogP contribution in [0.5, 0.6) is 0 Å². The molecule has 1 saturated carbocycles. The molecule has 4 nitrogen and oxygen atoms in total. The van der Waals surface area contributed by atoms with Crippen molar-refractivity contribution < 1.29 is 17.2 Å². The zero-order valence-corrected chi connectivity index (χ0v) is 10.4. The molecule has 0 aliphatic heterocycles. The molecular weight excluding hydrogens is 262 g/mol. The molecule has 7 heteroatoms. The lowest BCUT2D eigenvalue weighted by molar-refractivity contribution is 0.516. The largest absolute Gasteiger partial charge is 0.329 e. The Hall–Kier alpha value is -1.05. The van der Waals surface area contributed by atoms with Gasteiger partial charge in [-0.3, -0.25) is 0 Å². The highest BCUT2D eigenvalue weighted by atomic mass is 32.2. The Kier molecular flexibility index (Phi) is 3.65. The average molecular weight is 276 g/mol. The Morgan fingerprint density at radius 1 is 1.28 bits per heavy atom. The fourth-order valence-electron chi connectivity index (χ4n) is 1.79. The SMILES string of the molecule is NCC(NS(=O)(=O)c1cc(F)cc(F)c1)C1CC1.